The van der Waals surface area contributed by atoms with Crippen LogP contribution in [-0.2, 0) is 43.2 Å². The van der Waals surface area contributed by atoms with Crippen molar-refractivity contribution in [3.8, 4) is 30.3 Å². The first kappa shape index (κ1) is 43.1. The molecule has 277 valence electrons. The van der Waals surface area contributed by atoms with E-state index < -0.39 is 0 Å². The van der Waals surface area contributed by atoms with Crippen LogP contribution in [-0.4, -0.2) is 72.0 Å². The summed E-state index contributed by atoms with van der Waals surface area (Å²) in [7, 11) is 0. The molecule has 0 saturated carbocycles. The molecule has 0 aliphatic carbocycles. The Morgan fingerprint density at radius 2 is 0.556 bits per heavy atom. The minimum Gasteiger partial charge on any atom is -0.298 e. The number of hydrogen-bond acceptors (Lipinski definition) is 9. The average molecular weight is 765 g/mol. The molecule has 0 aromatic heterocycles. The smallest absolute Gasteiger partial charge is 0.298 e. The molecule has 5 rings (SSSR count). The monoisotopic (exact) mass is 764 g/mol. The second-order valence-corrected chi connectivity index (χ2v) is 13.3. The first-order chi connectivity index (χ1) is 25.9. The molecule has 1 aliphatic rings. The van der Waals surface area contributed by atoms with Gasteiger partial charge < -0.3 is 0 Å². The summed E-state index contributed by atoms with van der Waals surface area (Å²) < 4.78 is 0. The molecule has 9 nitrogen and oxygen atoms in total. The number of nitriles is 5. The van der Waals surface area contributed by atoms with Gasteiger partial charge in [0.25, 0.3) is 0 Å². The Balaban J connectivity index is 0.00000190. The molecule has 54 heavy (non-hydrogen) atoms. The third-order valence-electron chi connectivity index (χ3n) is 9.32. The maximum absolute atomic E-state index is 9.30. The van der Waals surface area contributed by atoms with Crippen LogP contribution < -0.4 is 0 Å². The Kier molecular flexibility index (Phi) is 19.2. The quantitative estimate of drug-likeness (QED) is 0.178. The molecule has 1 radical (unpaired) electrons. The Morgan fingerprint density at radius 1 is 0.370 bits per heavy atom. The fraction of sp³-hybridized carbons (Fsp3) is 0.341. The van der Waals surface area contributed by atoms with Crippen LogP contribution in [0.25, 0.3) is 0 Å². The van der Waals surface area contributed by atoms with Gasteiger partial charge in [-0.2, -0.15) is 26.3 Å². The van der Waals surface area contributed by atoms with Gasteiger partial charge in [0.1, 0.15) is 0 Å². The Bertz CT molecular complexity index is 1640. The second kappa shape index (κ2) is 24.1. The van der Waals surface area contributed by atoms with Crippen LogP contribution in [0, 0.1) is 56.7 Å². The molecular weight excluding hydrogens is 718 g/mol. The summed E-state index contributed by atoms with van der Waals surface area (Å²) in [5, 5.41) is 44.5. The predicted molar refractivity (Wildman–Crippen MR) is 206 cm³/mol. The van der Waals surface area contributed by atoms with Gasteiger partial charge in [-0.1, -0.05) is 48.5 Å². The van der Waals surface area contributed by atoms with E-state index in [-0.39, 0.29) is 17.1 Å². The summed E-state index contributed by atoms with van der Waals surface area (Å²) in [5.74, 6) is 0. The fourth-order valence-corrected chi connectivity index (χ4v) is 6.45. The number of nitrogens with zero attached hydrogens (tertiary/aromatic N) is 9. The van der Waals surface area contributed by atoms with Gasteiger partial charge in [-0.3, -0.25) is 19.6 Å². The van der Waals surface area contributed by atoms with Crippen LogP contribution in [0.5, 0.6) is 0 Å². The van der Waals surface area contributed by atoms with Crippen molar-refractivity contribution in [3.63, 3.8) is 0 Å². The molecule has 0 spiro atoms. The van der Waals surface area contributed by atoms with Gasteiger partial charge >= 0.3 is 17.1 Å². The number of rotatable bonds is 8. The summed E-state index contributed by atoms with van der Waals surface area (Å²) in [6.07, 6.45) is 2.02. The summed E-state index contributed by atoms with van der Waals surface area (Å²) in [6.45, 7) is 12.2. The van der Waals surface area contributed by atoms with E-state index in [2.05, 4.69) is 92.4 Å². The van der Waals surface area contributed by atoms with Crippen molar-refractivity contribution in [2.45, 2.75) is 45.9 Å². The molecule has 0 bridgehead atoms. The fourth-order valence-electron chi connectivity index (χ4n) is 6.45. The van der Waals surface area contributed by atoms with Crippen molar-refractivity contribution in [1.82, 2.24) is 19.6 Å². The van der Waals surface area contributed by atoms with Gasteiger partial charge in [0.2, 0.25) is 0 Å². The molecule has 1 saturated heterocycles. The standard InChI is InChI=1S/C42H44N8.C2H3N.Cu/c43-27-35-3-11-39(12-4-35)31-47-19-1-20-48(32-40-13-5-36(28-44)6-14-40)24-26-50(34-42-17-9-38(30-46)10-18-42)22-2-21-49(25-23-47)33-41-15-7-37(29-45)8-16-41;1-2-3;/h3-18H,1-2,19-26,31-34H2;1H3;/q;;+2. The summed E-state index contributed by atoms with van der Waals surface area (Å²) in [6, 6.07) is 42.4. The van der Waals surface area contributed by atoms with Gasteiger partial charge in [-0.15, -0.1) is 0 Å². The van der Waals surface area contributed by atoms with Crippen molar-refractivity contribution >= 4 is 0 Å². The van der Waals surface area contributed by atoms with Crippen molar-refractivity contribution in [1.29, 1.82) is 26.3 Å². The van der Waals surface area contributed by atoms with Crippen LogP contribution in [0.15, 0.2) is 97.1 Å². The van der Waals surface area contributed by atoms with Crippen LogP contribution in [0.3, 0.4) is 0 Å². The SMILES string of the molecule is CC#N.N#Cc1ccc(CN2CCCN(Cc3ccc(C#N)cc3)CCN(Cc3ccc(C#N)cc3)CCCN(Cc3ccc(C#N)cc3)CC2)cc1.[Cu+2]. The van der Waals surface area contributed by atoms with Crippen molar-refractivity contribution in [2.24, 2.45) is 0 Å². The summed E-state index contributed by atoms with van der Waals surface area (Å²) >= 11 is 0. The normalized spacial score (nSPS) is 14.9. The first-order valence-electron chi connectivity index (χ1n) is 18.1. The molecule has 1 fully saturated rings. The molecule has 1 heterocycles. The topological polar surface area (TPSA) is 132 Å². The summed E-state index contributed by atoms with van der Waals surface area (Å²) in [4.78, 5) is 10.2. The Hall–Kier alpha value is -5.31. The van der Waals surface area contributed by atoms with E-state index in [0.29, 0.717) is 22.3 Å². The molecule has 0 unspecified atom stereocenters. The predicted octanol–water partition coefficient (Wildman–Crippen LogP) is 6.80. The van der Waals surface area contributed by atoms with E-state index >= 15 is 0 Å². The molecule has 0 N–H and O–H groups in total. The third-order valence-corrected chi connectivity index (χ3v) is 9.32. The maximum atomic E-state index is 9.30. The van der Waals surface area contributed by atoms with Gasteiger partial charge in [-0.05, 0) is 110 Å². The molecule has 4 aromatic rings. The van der Waals surface area contributed by atoms with Crippen LogP contribution >= 0.6 is 0 Å². The van der Waals surface area contributed by atoms with Crippen molar-refractivity contribution in [3.05, 3.63) is 142 Å². The van der Waals surface area contributed by atoms with E-state index in [1.807, 2.05) is 48.5 Å². The van der Waals surface area contributed by atoms with Crippen LogP contribution in [0.2, 0.25) is 0 Å². The minimum atomic E-state index is 0. The van der Waals surface area contributed by atoms with Gasteiger partial charge in [0.15, 0.2) is 0 Å². The molecule has 0 atom stereocenters. The van der Waals surface area contributed by atoms with Gasteiger partial charge in [0.05, 0.1) is 52.6 Å². The van der Waals surface area contributed by atoms with E-state index in [1.165, 1.54) is 29.2 Å². The van der Waals surface area contributed by atoms with E-state index in [1.54, 1.807) is 6.07 Å². The van der Waals surface area contributed by atoms with Gasteiger partial charge in [0, 0.05) is 59.3 Å². The minimum absolute atomic E-state index is 0. The number of hydrogen-bond donors (Lipinski definition) is 0. The molecule has 4 aromatic carbocycles. The molecular formula is C44H47CuN9+2. The maximum Gasteiger partial charge on any atom is 2.00 e. The molecule has 1 aliphatic heterocycles. The largest absolute Gasteiger partial charge is 2.00 e. The summed E-state index contributed by atoms with van der Waals surface area (Å²) in [5.41, 5.74) is 7.52. The third kappa shape index (κ3) is 15.0. The Labute approximate surface area is 331 Å². The zero-order chi connectivity index (χ0) is 37.7. The zero-order valence-corrected chi connectivity index (χ0v) is 31.9. The van der Waals surface area contributed by atoms with E-state index in [0.717, 1.165) is 91.4 Å². The number of benzene rings is 4. The molecule has 0 amide bonds. The van der Waals surface area contributed by atoms with Gasteiger partial charge in [-0.25, -0.2) is 0 Å². The van der Waals surface area contributed by atoms with Crippen molar-refractivity contribution in [2.75, 3.05) is 52.4 Å². The van der Waals surface area contributed by atoms with Crippen LogP contribution in [0.1, 0.15) is 64.3 Å². The Morgan fingerprint density at radius 3 is 0.722 bits per heavy atom. The molecule has 10 heteroatoms. The van der Waals surface area contributed by atoms with Crippen LogP contribution in [0.4, 0.5) is 0 Å². The van der Waals surface area contributed by atoms with E-state index in [9.17, 15) is 21.0 Å². The average Bonchev–Trinajstić information content (AvgIpc) is 3.19. The first-order valence-corrected chi connectivity index (χ1v) is 18.1. The van der Waals surface area contributed by atoms with Crippen molar-refractivity contribution < 1.29 is 17.1 Å². The second-order valence-electron chi connectivity index (χ2n) is 13.3. The zero-order valence-electron chi connectivity index (χ0n) is 31.0. The van der Waals surface area contributed by atoms with E-state index in [4.69, 9.17) is 5.26 Å².